The summed E-state index contributed by atoms with van der Waals surface area (Å²) in [7, 11) is 0. The normalized spacial score (nSPS) is 21.4. The first-order chi connectivity index (χ1) is 7.22. The average molecular weight is 205 g/mol. The highest BCUT2D eigenvalue weighted by atomic mass is 16.3. The Morgan fingerprint density at radius 3 is 3.13 bits per heavy atom. The van der Waals surface area contributed by atoms with E-state index in [2.05, 4.69) is 37.2 Å². The van der Waals surface area contributed by atoms with E-state index in [4.69, 9.17) is 5.11 Å². The van der Waals surface area contributed by atoms with Gasteiger partial charge < -0.3 is 10.1 Å². The molecule has 1 aliphatic carbocycles. The zero-order valence-electron chi connectivity index (χ0n) is 9.46. The summed E-state index contributed by atoms with van der Waals surface area (Å²) in [6.07, 6.45) is 8.60. The summed E-state index contributed by atoms with van der Waals surface area (Å²) in [5.74, 6) is 0.958. The molecule has 0 bridgehead atoms. The minimum absolute atomic E-state index is 0.268. The molecule has 2 heteroatoms. The highest BCUT2D eigenvalue weighted by Crippen LogP contribution is 2.32. The lowest BCUT2D eigenvalue weighted by molar-refractivity contribution is 0.237. The first-order valence-electron chi connectivity index (χ1n) is 5.70. The van der Waals surface area contributed by atoms with E-state index in [-0.39, 0.29) is 6.61 Å². The van der Waals surface area contributed by atoms with Gasteiger partial charge in [0.25, 0.3) is 0 Å². The molecule has 15 heavy (non-hydrogen) atoms. The lowest BCUT2D eigenvalue weighted by Gasteiger charge is -2.17. The Bertz CT molecular complexity index is 365. The topological polar surface area (TPSA) is 36.0 Å². The molecule has 1 aromatic rings. The molecular weight excluding hydrogens is 186 g/mol. The van der Waals surface area contributed by atoms with Gasteiger partial charge in [-0.25, -0.2) is 0 Å². The fraction of sp³-hybridized carbons (Fsp3) is 0.538. The number of hydrogen-bond acceptors (Lipinski definition) is 1. The Kier molecular flexibility index (Phi) is 2.96. The monoisotopic (exact) mass is 205 g/mol. The van der Waals surface area contributed by atoms with Crippen molar-refractivity contribution in [2.24, 2.45) is 5.92 Å². The fourth-order valence-corrected chi connectivity index (χ4v) is 2.33. The van der Waals surface area contributed by atoms with Crippen LogP contribution >= 0.6 is 0 Å². The van der Waals surface area contributed by atoms with Crippen molar-refractivity contribution in [3.63, 3.8) is 0 Å². The molecule has 0 amide bonds. The van der Waals surface area contributed by atoms with Crippen LogP contribution in [0.3, 0.4) is 0 Å². The molecule has 0 radical (unpaired) electrons. The molecule has 1 aromatic heterocycles. The van der Waals surface area contributed by atoms with Crippen LogP contribution in [-0.2, 0) is 6.42 Å². The Hall–Kier alpha value is -1.02. The van der Waals surface area contributed by atoms with E-state index in [1.165, 1.54) is 16.8 Å². The molecule has 1 heterocycles. The number of aromatic nitrogens is 1. The van der Waals surface area contributed by atoms with E-state index >= 15 is 0 Å². The van der Waals surface area contributed by atoms with Gasteiger partial charge in [-0.15, -0.1) is 0 Å². The number of aromatic amines is 1. The molecule has 0 saturated carbocycles. The zero-order chi connectivity index (χ0) is 10.8. The van der Waals surface area contributed by atoms with E-state index in [9.17, 15) is 0 Å². The predicted molar refractivity (Wildman–Crippen MR) is 62.8 cm³/mol. The number of allylic oxidation sites excluding steroid dienone is 1. The van der Waals surface area contributed by atoms with Gasteiger partial charge in [0.1, 0.15) is 0 Å². The Morgan fingerprint density at radius 2 is 2.40 bits per heavy atom. The van der Waals surface area contributed by atoms with Gasteiger partial charge in [0, 0.05) is 18.5 Å². The van der Waals surface area contributed by atoms with Crippen molar-refractivity contribution in [3.8, 4) is 0 Å². The average Bonchev–Trinajstić information content (AvgIpc) is 2.63. The van der Waals surface area contributed by atoms with Gasteiger partial charge >= 0.3 is 0 Å². The predicted octanol–water partition coefficient (Wildman–Crippen LogP) is 2.71. The van der Waals surface area contributed by atoms with Crippen LogP contribution in [0.1, 0.15) is 43.0 Å². The van der Waals surface area contributed by atoms with Crippen molar-refractivity contribution in [1.29, 1.82) is 0 Å². The first kappa shape index (κ1) is 10.5. The van der Waals surface area contributed by atoms with Crippen molar-refractivity contribution in [2.75, 3.05) is 6.61 Å². The lowest BCUT2D eigenvalue weighted by Crippen LogP contribution is -2.07. The van der Waals surface area contributed by atoms with Crippen molar-refractivity contribution in [2.45, 2.75) is 32.6 Å². The second kappa shape index (κ2) is 4.23. The molecule has 1 aliphatic rings. The Morgan fingerprint density at radius 1 is 1.60 bits per heavy atom. The van der Waals surface area contributed by atoms with E-state index < -0.39 is 0 Å². The summed E-state index contributed by atoms with van der Waals surface area (Å²) >= 11 is 0. The van der Waals surface area contributed by atoms with E-state index in [0.29, 0.717) is 11.8 Å². The molecule has 2 N–H and O–H groups in total. The molecule has 0 saturated heterocycles. The second-order valence-corrected chi connectivity index (χ2v) is 4.67. The minimum atomic E-state index is 0.268. The van der Waals surface area contributed by atoms with Gasteiger partial charge in [0.2, 0.25) is 0 Å². The molecule has 0 spiro atoms. The van der Waals surface area contributed by atoms with E-state index in [0.717, 1.165) is 12.8 Å². The van der Waals surface area contributed by atoms with Crippen molar-refractivity contribution >= 4 is 6.08 Å². The first-order valence-corrected chi connectivity index (χ1v) is 5.70. The van der Waals surface area contributed by atoms with Gasteiger partial charge in [-0.3, -0.25) is 0 Å². The molecule has 2 nitrogen and oxygen atoms in total. The number of nitrogens with one attached hydrogen (secondary N) is 1. The number of aliphatic hydroxyl groups is 1. The minimum Gasteiger partial charge on any atom is -0.396 e. The number of rotatable bonds is 3. The summed E-state index contributed by atoms with van der Waals surface area (Å²) in [5.41, 5.74) is 4.09. The summed E-state index contributed by atoms with van der Waals surface area (Å²) in [5, 5.41) is 9.08. The lowest BCUT2D eigenvalue weighted by atomic mass is 9.87. The largest absolute Gasteiger partial charge is 0.396 e. The summed E-state index contributed by atoms with van der Waals surface area (Å²) < 4.78 is 0. The zero-order valence-corrected chi connectivity index (χ0v) is 9.46. The standard InChI is InChI=1S/C13H19NO/c1-9(8-15)6-11-7-14-12-5-3-4-10(2)13(11)12/h3,5,7,9-10,14-15H,4,6,8H2,1-2H3. The smallest absolute Gasteiger partial charge is 0.0459 e. The molecule has 2 atom stereocenters. The number of aliphatic hydroxyl groups excluding tert-OH is 1. The molecule has 0 aliphatic heterocycles. The summed E-state index contributed by atoms with van der Waals surface area (Å²) in [4.78, 5) is 3.32. The van der Waals surface area contributed by atoms with Crippen molar-refractivity contribution in [1.82, 2.24) is 4.98 Å². The molecule has 2 rings (SSSR count). The van der Waals surface area contributed by atoms with Crippen molar-refractivity contribution in [3.05, 3.63) is 29.1 Å². The molecular formula is C13H19NO. The number of hydrogen-bond donors (Lipinski definition) is 2. The summed E-state index contributed by atoms with van der Waals surface area (Å²) in [6, 6.07) is 0. The van der Waals surface area contributed by atoms with Crippen molar-refractivity contribution < 1.29 is 5.11 Å². The second-order valence-electron chi connectivity index (χ2n) is 4.67. The third-order valence-corrected chi connectivity index (χ3v) is 3.19. The quantitative estimate of drug-likeness (QED) is 0.782. The van der Waals surface area contributed by atoms with Crippen LogP contribution < -0.4 is 0 Å². The molecule has 0 aromatic carbocycles. The third kappa shape index (κ3) is 2.00. The van der Waals surface area contributed by atoms with Crippen LogP contribution in [0.15, 0.2) is 12.3 Å². The summed E-state index contributed by atoms with van der Waals surface area (Å²) in [6.45, 7) is 4.62. The van der Waals surface area contributed by atoms with E-state index in [1.807, 2.05) is 0 Å². The van der Waals surface area contributed by atoms with Crippen LogP contribution in [0.25, 0.3) is 6.08 Å². The Balaban J connectivity index is 2.26. The van der Waals surface area contributed by atoms with Gasteiger partial charge in [-0.1, -0.05) is 19.9 Å². The maximum absolute atomic E-state index is 9.08. The van der Waals surface area contributed by atoms with Gasteiger partial charge in [0.15, 0.2) is 0 Å². The molecule has 0 fully saturated rings. The molecule has 2 unspecified atom stereocenters. The maximum atomic E-state index is 9.08. The van der Waals surface area contributed by atoms with Crippen LogP contribution in [0.2, 0.25) is 0 Å². The fourth-order valence-electron chi connectivity index (χ4n) is 2.33. The highest BCUT2D eigenvalue weighted by molar-refractivity contribution is 5.56. The Labute approximate surface area is 91.0 Å². The highest BCUT2D eigenvalue weighted by Gasteiger charge is 2.19. The van der Waals surface area contributed by atoms with Crippen LogP contribution in [0.5, 0.6) is 0 Å². The van der Waals surface area contributed by atoms with Crippen LogP contribution in [0, 0.1) is 5.92 Å². The van der Waals surface area contributed by atoms with Gasteiger partial charge in [-0.2, -0.15) is 0 Å². The number of H-pyrrole nitrogens is 1. The van der Waals surface area contributed by atoms with Gasteiger partial charge in [0.05, 0.1) is 0 Å². The van der Waals surface area contributed by atoms with Gasteiger partial charge in [-0.05, 0) is 41.9 Å². The molecule has 82 valence electrons. The maximum Gasteiger partial charge on any atom is 0.0459 e. The van der Waals surface area contributed by atoms with E-state index in [1.54, 1.807) is 0 Å². The SMILES string of the molecule is CC(CO)Cc1c[nH]c2c1C(C)CC=C2. The van der Waals surface area contributed by atoms with Crippen LogP contribution in [-0.4, -0.2) is 16.7 Å². The number of fused-ring (bicyclic) bond motifs is 1. The third-order valence-electron chi connectivity index (χ3n) is 3.19. The van der Waals surface area contributed by atoms with Crippen LogP contribution in [0.4, 0.5) is 0 Å².